The lowest BCUT2D eigenvalue weighted by Crippen LogP contribution is -1.98. The average Bonchev–Trinajstić information content (AvgIpc) is 2.14. The highest BCUT2D eigenvalue weighted by Crippen LogP contribution is 2.22. The summed E-state index contributed by atoms with van der Waals surface area (Å²) in [6, 6.07) is 4.36. The van der Waals surface area contributed by atoms with Crippen LogP contribution in [0.15, 0.2) is 12.1 Å². The summed E-state index contributed by atoms with van der Waals surface area (Å²) in [5.41, 5.74) is 5.25. The minimum atomic E-state index is -0.718. The fraction of sp³-hybridized carbons (Fsp3) is 0.462. The molecule has 0 amide bonds. The molecule has 0 fully saturated rings. The highest BCUT2D eigenvalue weighted by atomic mass is 32.2. The van der Waals surface area contributed by atoms with Crippen LogP contribution in [0.1, 0.15) is 28.7 Å². The number of carboxylic acids is 1. The van der Waals surface area contributed by atoms with Gasteiger partial charge in [0.1, 0.15) is 0 Å². The van der Waals surface area contributed by atoms with Gasteiger partial charge < -0.3 is 5.11 Å². The molecule has 0 aliphatic rings. The smallest absolute Gasteiger partial charge is 0.304 e. The molecular formula is C13H18O2S. The SMILES string of the molecule is Cc1cc(C)c(CSCCC(=O)O)c(C)c1. The van der Waals surface area contributed by atoms with Crippen molar-refractivity contribution in [3.05, 3.63) is 34.4 Å². The molecular weight excluding hydrogens is 220 g/mol. The molecule has 1 rings (SSSR count). The van der Waals surface area contributed by atoms with Crippen LogP contribution < -0.4 is 0 Å². The Morgan fingerprint density at radius 3 is 2.31 bits per heavy atom. The molecule has 0 saturated heterocycles. The van der Waals surface area contributed by atoms with Gasteiger partial charge in [-0.15, -0.1) is 0 Å². The maximum atomic E-state index is 10.4. The highest BCUT2D eigenvalue weighted by Gasteiger charge is 2.04. The van der Waals surface area contributed by atoms with Crippen molar-refractivity contribution in [2.45, 2.75) is 32.9 Å². The van der Waals surface area contributed by atoms with E-state index in [0.29, 0.717) is 5.75 Å². The van der Waals surface area contributed by atoms with Gasteiger partial charge in [0.2, 0.25) is 0 Å². The van der Waals surface area contributed by atoms with Crippen molar-refractivity contribution < 1.29 is 9.90 Å². The van der Waals surface area contributed by atoms with E-state index in [9.17, 15) is 4.79 Å². The number of rotatable bonds is 5. The third-order valence-corrected chi connectivity index (χ3v) is 3.53. The quantitative estimate of drug-likeness (QED) is 0.800. The predicted octanol–water partition coefficient (Wildman–Crippen LogP) is 3.32. The van der Waals surface area contributed by atoms with Gasteiger partial charge in [-0.3, -0.25) is 4.79 Å². The molecule has 0 heterocycles. The number of hydrogen-bond donors (Lipinski definition) is 1. The fourth-order valence-electron chi connectivity index (χ4n) is 1.77. The number of benzene rings is 1. The summed E-state index contributed by atoms with van der Waals surface area (Å²) in [4.78, 5) is 10.4. The lowest BCUT2D eigenvalue weighted by Gasteiger charge is -2.10. The molecule has 0 aliphatic carbocycles. The van der Waals surface area contributed by atoms with Crippen LogP contribution >= 0.6 is 11.8 Å². The maximum Gasteiger partial charge on any atom is 0.304 e. The minimum absolute atomic E-state index is 0.245. The molecule has 88 valence electrons. The molecule has 0 aliphatic heterocycles. The molecule has 0 spiro atoms. The van der Waals surface area contributed by atoms with E-state index in [-0.39, 0.29) is 6.42 Å². The van der Waals surface area contributed by atoms with Crippen LogP contribution in [0.5, 0.6) is 0 Å². The van der Waals surface area contributed by atoms with Gasteiger partial charge in [0.25, 0.3) is 0 Å². The zero-order valence-corrected chi connectivity index (χ0v) is 10.9. The topological polar surface area (TPSA) is 37.3 Å². The molecule has 0 bridgehead atoms. The van der Waals surface area contributed by atoms with Crippen molar-refractivity contribution >= 4 is 17.7 Å². The lowest BCUT2D eigenvalue weighted by atomic mass is 10.0. The molecule has 3 heteroatoms. The van der Waals surface area contributed by atoms with E-state index in [4.69, 9.17) is 5.11 Å². The van der Waals surface area contributed by atoms with E-state index < -0.39 is 5.97 Å². The summed E-state index contributed by atoms with van der Waals surface area (Å²) in [6.07, 6.45) is 0.245. The third kappa shape index (κ3) is 3.89. The summed E-state index contributed by atoms with van der Waals surface area (Å²) in [7, 11) is 0. The first-order chi connectivity index (χ1) is 7.50. The lowest BCUT2D eigenvalue weighted by molar-refractivity contribution is -0.136. The normalized spacial score (nSPS) is 10.4. The zero-order valence-electron chi connectivity index (χ0n) is 10.0. The number of carbonyl (C=O) groups is 1. The van der Waals surface area contributed by atoms with Crippen molar-refractivity contribution in [2.75, 3.05) is 5.75 Å². The summed E-state index contributed by atoms with van der Waals surface area (Å²) in [5.74, 6) is 0.873. The molecule has 1 aromatic carbocycles. The van der Waals surface area contributed by atoms with Gasteiger partial charge in [0, 0.05) is 11.5 Å². The molecule has 1 aromatic rings. The van der Waals surface area contributed by atoms with Crippen molar-refractivity contribution in [2.24, 2.45) is 0 Å². The van der Waals surface area contributed by atoms with Crippen LogP contribution in [-0.4, -0.2) is 16.8 Å². The maximum absolute atomic E-state index is 10.4. The monoisotopic (exact) mass is 238 g/mol. The molecule has 0 radical (unpaired) electrons. The summed E-state index contributed by atoms with van der Waals surface area (Å²) in [5, 5.41) is 8.54. The van der Waals surface area contributed by atoms with Crippen LogP contribution in [0, 0.1) is 20.8 Å². The average molecular weight is 238 g/mol. The van der Waals surface area contributed by atoms with Crippen molar-refractivity contribution in [1.29, 1.82) is 0 Å². The highest BCUT2D eigenvalue weighted by molar-refractivity contribution is 7.98. The van der Waals surface area contributed by atoms with E-state index in [1.54, 1.807) is 11.8 Å². The number of aliphatic carboxylic acids is 1. The summed E-state index contributed by atoms with van der Waals surface area (Å²) in [6.45, 7) is 6.33. The Morgan fingerprint density at radius 1 is 1.25 bits per heavy atom. The second kappa shape index (κ2) is 5.94. The predicted molar refractivity (Wildman–Crippen MR) is 69.1 cm³/mol. The van der Waals surface area contributed by atoms with E-state index >= 15 is 0 Å². The van der Waals surface area contributed by atoms with Gasteiger partial charge in [-0.05, 0) is 37.5 Å². The van der Waals surface area contributed by atoms with Crippen LogP contribution in [0.4, 0.5) is 0 Å². The van der Waals surface area contributed by atoms with Crippen molar-refractivity contribution in [3.63, 3.8) is 0 Å². The standard InChI is InChI=1S/C13H18O2S/c1-9-6-10(2)12(11(3)7-9)8-16-5-4-13(14)15/h6-7H,4-5,8H2,1-3H3,(H,14,15). The van der Waals surface area contributed by atoms with Gasteiger partial charge in [-0.2, -0.15) is 11.8 Å². The van der Waals surface area contributed by atoms with Gasteiger partial charge in [-0.25, -0.2) is 0 Å². The number of carboxylic acid groups (broad SMARTS) is 1. The molecule has 0 unspecified atom stereocenters. The number of thioether (sulfide) groups is 1. The van der Waals surface area contributed by atoms with Gasteiger partial charge in [0.15, 0.2) is 0 Å². The van der Waals surface area contributed by atoms with Crippen LogP contribution in [0.25, 0.3) is 0 Å². The zero-order chi connectivity index (χ0) is 12.1. The van der Waals surface area contributed by atoms with Crippen LogP contribution in [0.3, 0.4) is 0 Å². The summed E-state index contributed by atoms with van der Waals surface area (Å²) >= 11 is 1.69. The Kier molecular flexibility index (Phi) is 4.87. The largest absolute Gasteiger partial charge is 0.481 e. The number of hydrogen-bond acceptors (Lipinski definition) is 2. The van der Waals surface area contributed by atoms with E-state index in [2.05, 4.69) is 32.9 Å². The van der Waals surface area contributed by atoms with Crippen LogP contribution in [0.2, 0.25) is 0 Å². The Morgan fingerprint density at radius 2 is 1.81 bits per heavy atom. The Hall–Kier alpha value is -0.960. The Labute approximate surface area is 101 Å². The molecule has 1 N–H and O–H groups in total. The first-order valence-electron chi connectivity index (χ1n) is 5.37. The molecule has 0 atom stereocenters. The summed E-state index contributed by atoms with van der Waals surface area (Å²) < 4.78 is 0. The second-order valence-corrected chi connectivity index (χ2v) is 5.18. The van der Waals surface area contributed by atoms with Crippen LogP contribution in [-0.2, 0) is 10.5 Å². The third-order valence-electron chi connectivity index (χ3n) is 2.55. The van der Waals surface area contributed by atoms with Crippen molar-refractivity contribution in [3.8, 4) is 0 Å². The molecule has 0 saturated carbocycles. The van der Waals surface area contributed by atoms with Gasteiger partial charge >= 0.3 is 5.97 Å². The van der Waals surface area contributed by atoms with Gasteiger partial charge in [-0.1, -0.05) is 17.7 Å². The number of aryl methyl sites for hydroxylation is 3. The Bertz CT molecular complexity index is 363. The van der Waals surface area contributed by atoms with E-state index in [0.717, 1.165) is 5.75 Å². The van der Waals surface area contributed by atoms with E-state index in [1.807, 2.05) is 0 Å². The molecule has 16 heavy (non-hydrogen) atoms. The molecule has 2 nitrogen and oxygen atoms in total. The first kappa shape index (κ1) is 13.1. The molecule has 0 aromatic heterocycles. The Balaban J connectivity index is 2.57. The van der Waals surface area contributed by atoms with Crippen molar-refractivity contribution in [1.82, 2.24) is 0 Å². The minimum Gasteiger partial charge on any atom is -0.481 e. The first-order valence-corrected chi connectivity index (χ1v) is 6.52. The van der Waals surface area contributed by atoms with E-state index in [1.165, 1.54) is 22.3 Å². The second-order valence-electron chi connectivity index (χ2n) is 4.07. The van der Waals surface area contributed by atoms with Gasteiger partial charge in [0.05, 0.1) is 6.42 Å². The fourth-order valence-corrected chi connectivity index (χ4v) is 2.89.